The summed E-state index contributed by atoms with van der Waals surface area (Å²) in [5.74, 6) is 0.160. The van der Waals surface area contributed by atoms with Crippen LogP contribution in [0.1, 0.15) is 23.3 Å². The molecule has 0 radical (unpaired) electrons. The highest BCUT2D eigenvalue weighted by Gasteiger charge is 2.23. The van der Waals surface area contributed by atoms with Gasteiger partial charge >= 0.3 is 5.97 Å². The van der Waals surface area contributed by atoms with E-state index in [0.29, 0.717) is 29.7 Å². The van der Waals surface area contributed by atoms with Gasteiger partial charge in [0.05, 0.1) is 12.1 Å². The lowest BCUT2D eigenvalue weighted by atomic mass is 10.1. The van der Waals surface area contributed by atoms with Gasteiger partial charge in [0.2, 0.25) is 0 Å². The summed E-state index contributed by atoms with van der Waals surface area (Å²) in [6.45, 7) is 1.42. The molecule has 0 N–H and O–H groups in total. The average Bonchev–Trinajstić information content (AvgIpc) is 2.65. The number of anilines is 1. The smallest absolute Gasteiger partial charge is 0.358 e. The fourth-order valence-electron chi connectivity index (χ4n) is 2.66. The van der Waals surface area contributed by atoms with E-state index in [-0.39, 0.29) is 17.6 Å². The van der Waals surface area contributed by atoms with E-state index in [1.54, 1.807) is 12.1 Å². The van der Waals surface area contributed by atoms with E-state index in [1.807, 2.05) is 0 Å². The van der Waals surface area contributed by atoms with Gasteiger partial charge in [-0.25, -0.2) is 9.18 Å². The molecule has 2 heterocycles. The summed E-state index contributed by atoms with van der Waals surface area (Å²) < 4.78 is 23.7. The van der Waals surface area contributed by atoms with Crippen LogP contribution in [0.25, 0.3) is 0 Å². The van der Waals surface area contributed by atoms with Gasteiger partial charge in [-0.3, -0.25) is 0 Å². The van der Waals surface area contributed by atoms with Crippen molar-refractivity contribution in [2.45, 2.75) is 18.9 Å². The molecule has 1 aromatic carbocycles. The molecule has 0 saturated carbocycles. The van der Waals surface area contributed by atoms with Crippen LogP contribution in [0.3, 0.4) is 0 Å². The second-order valence-electron chi connectivity index (χ2n) is 5.65. The molecule has 1 aromatic heterocycles. The summed E-state index contributed by atoms with van der Waals surface area (Å²) in [5.41, 5.74) is 0.171. The van der Waals surface area contributed by atoms with Crippen molar-refractivity contribution in [1.82, 2.24) is 10.2 Å². The van der Waals surface area contributed by atoms with E-state index in [9.17, 15) is 9.18 Å². The average molecular weight is 366 g/mol. The number of nitrogens with zero attached hydrogens (tertiary/aromatic N) is 3. The molecule has 0 amide bonds. The SMILES string of the molecule is COC(=O)c1ccc(N2CCC(Oc3cc(F)ccc3Cl)CC2)nn1. The van der Waals surface area contributed by atoms with Crippen LogP contribution in [0.15, 0.2) is 30.3 Å². The highest BCUT2D eigenvalue weighted by atomic mass is 35.5. The van der Waals surface area contributed by atoms with Crippen molar-refractivity contribution in [3.05, 3.63) is 46.9 Å². The summed E-state index contributed by atoms with van der Waals surface area (Å²) in [6.07, 6.45) is 1.44. The van der Waals surface area contributed by atoms with Gasteiger partial charge in [-0.2, -0.15) is 0 Å². The maximum atomic E-state index is 13.3. The van der Waals surface area contributed by atoms with Gasteiger partial charge in [0, 0.05) is 32.0 Å². The number of benzene rings is 1. The number of hydrogen-bond acceptors (Lipinski definition) is 6. The first-order chi connectivity index (χ1) is 12.1. The van der Waals surface area contributed by atoms with E-state index in [1.165, 1.54) is 25.3 Å². The standard InChI is InChI=1S/C17H17ClFN3O3/c1-24-17(23)14-4-5-16(21-20-14)22-8-6-12(7-9-22)25-15-10-11(19)2-3-13(15)18/h2-5,10,12H,6-9H2,1H3. The second kappa shape index (κ2) is 7.65. The summed E-state index contributed by atoms with van der Waals surface area (Å²) in [7, 11) is 1.30. The molecule has 25 heavy (non-hydrogen) atoms. The summed E-state index contributed by atoms with van der Waals surface area (Å²) in [5, 5.41) is 8.34. The minimum Gasteiger partial charge on any atom is -0.489 e. The molecule has 0 atom stereocenters. The Morgan fingerprint density at radius 3 is 2.64 bits per heavy atom. The molecule has 1 aliphatic heterocycles. The number of piperidine rings is 1. The van der Waals surface area contributed by atoms with Crippen molar-refractivity contribution in [3.8, 4) is 5.75 Å². The Morgan fingerprint density at radius 1 is 1.24 bits per heavy atom. The largest absolute Gasteiger partial charge is 0.489 e. The molecule has 1 aliphatic rings. The number of carbonyl (C=O) groups is 1. The Hall–Kier alpha value is -2.41. The summed E-state index contributed by atoms with van der Waals surface area (Å²) >= 11 is 6.03. The molecule has 6 nitrogen and oxygen atoms in total. The van der Waals surface area contributed by atoms with Crippen LogP contribution in [0.2, 0.25) is 5.02 Å². The number of hydrogen-bond donors (Lipinski definition) is 0. The number of carbonyl (C=O) groups excluding carboxylic acids is 1. The number of esters is 1. The van der Waals surface area contributed by atoms with E-state index in [4.69, 9.17) is 16.3 Å². The second-order valence-corrected chi connectivity index (χ2v) is 6.05. The lowest BCUT2D eigenvalue weighted by Gasteiger charge is -2.32. The van der Waals surface area contributed by atoms with Crippen molar-refractivity contribution in [1.29, 1.82) is 0 Å². The monoisotopic (exact) mass is 365 g/mol. The Kier molecular flexibility index (Phi) is 5.33. The predicted octanol–water partition coefficient (Wildman–Crippen LogP) is 3.10. The van der Waals surface area contributed by atoms with E-state index >= 15 is 0 Å². The first kappa shape index (κ1) is 17.4. The van der Waals surface area contributed by atoms with Gasteiger partial charge in [-0.05, 0) is 24.3 Å². The normalized spacial score (nSPS) is 15.1. The van der Waals surface area contributed by atoms with Crippen LogP contribution in [-0.2, 0) is 4.74 Å². The fraction of sp³-hybridized carbons (Fsp3) is 0.353. The van der Waals surface area contributed by atoms with Crippen LogP contribution in [0, 0.1) is 5.82 Å². The highest BCUT2D eigenvalue weighted by Crippen LogP contribution is 2.28. The quantitative estimate of drug-likeness (QED) is 0.776. The molecule has 0 spiro atoms. The van der Waals surface area contributed by atoms with Crippen LogP contribution in [-0.4, -0.2) is 42.5 Å². The van der Waals surface area contributed by atoms with Gasteiger partial charge in [-0.1, -0.05) is 11.6 Å². The number of ether oxygens (including phenoxy) is 2. The highest BCUT2D eigenvalue weighted by molar-refractivity contribution is 6.32. The zero-order valence-electron chi connectivity index (χ0n) is 13.6. The van der Waals surface area contributed by atoms with Crippen molar-refractivity contribution in [3.63, 3.8) is 0 Å². The Balaban J connectivity index is 1.58. The van der Waals surface area contributed by atoms with Crippen molar-refractivity contribution in [2.24, 2.45) is 0 Å². The van der Waals surface area contributed by atoms with Gasteiger partial charge in [0.15, 0.2) is 11.5 Å². The van der Waals surface area contributed by atoms with Gasteiger partial charge in [0.25, 0.3) is 0 Å². The number of halogens is 2. The molecular weight excluding hydrogens is 349 g/mol. The van der Waals surface area contributed by atoms with Crippen LogP contribution >= 0.6 is 11.6 Å². The molecule has 2 aromatic rings. The van der Waals surface area contributed by atoms with E-state index < -0.39 is 5.97 Å². The van der Waals surface area contributed by atoms with Crippen molar-refractivity contribution < 1.29 is 18.7 Å². The predicted molar refractivity (Wildman–Crippen MR) is 90.6 cm³/mol. The Bertz CT molecular complexity index is 749. The first-order valence-corrected chi connectivity index (χ1v) is 8.23. The topological polar surface area (TPSA) is 64.5 Å². The number of aromatic nitrogens is 2. The minimum atomic E-state index is -0.516. The first-order valence-electron chi connectivity index (χ1n) is 7.85. The number of methoxy groups -OCH3 is 1. The molecule has 0 aliphatic carbocycles. The van der Waals surface area contributed by atoms with Crippen LogP contribution in [0.5, 0.6) is 5.75 Å². The van der Waals surface area contributed by atoms with E-state index in [0.717, 1.165) is 12.8 Å². The molecule has 1 saturated heterocycles. The van der Waals surface area contributed by atoms with Gasteiger partial charge in [-0.15, -0.1) is 10.2 Å². The van der Waals surface area contributed by atoms with Crippen molar-refractivity contribution >= 4 is 23.4 Å². The molecule has 8 heteroatoms. The lowest BCUT2D eigenvalue weighted by molar-refractivity contribution is 0.0592. The summed E-state index contributed by atoms with van der Waals surface area (Å²) in [6, 6.07) is 7.41. The van der Waals surface area contributed by atoms with Gasteiger partial charge < -0.3 is 14.4 Å². The third-order valence-electron chi connectivity index (χ3n) is 4.00. The van der Waals surface area contributed by atoms with Crippen LogP contribution in [0.4, 0.5) is 10.2 Å². The van der Waals surface area contributed by atoms with Crippen molar-refractivity contribution in [2.75, 3.05) is 25.1 Å². The molecule has 1 fully saturated rings. The third-order valence-corrected chi connectivity index (χ3v) is 4.31. The molecule has 132 valence electrons. The third kappa shape index (κ3) is 4.17. The zero-order chi connectivity index (χ0) is 17.8. The van der Waals surface area contributed by atoms with Crippen LogP contribution < -0.4 is 9.64 Å². The molecule has 3 rings (SSSR count). The molecule has 0 unspecified atom stereocenters. The summed E-state index contributed by atoms with van der Waals surface area (Å²) in [4.78, 5) is 13.4. The van der Waals surface area contributed by atoms with Gasteiger partial charge in [0.1, 0.15) is 17.7 Å². The molecule has 0 bridgehead atoms. The lowest BCUT2D eigenvalue weighted by Crippen LogP contribution is -2.38. The minimum absolute atomic E-state index is 0.0437. The van der Waals surface area contributed by atoms with E-state index in [2.05, 4.69) is 19.8 Å². The maximum Gasteiger partial charge on any atom is 0.358 e. The maximum absolute atomic E-state index is 13.3. The molecular formula is C17H17ClFN3O3. The fourth-order valence-corrected chi connectivity index (χ4v) is 2.82. The zero-order valence-corrected chi connectivity index (χ0v) is 14.4. The Labute approximate surface area is 149 Å². The Morgan fingerprint density at radius 2 is 2.00 bits per heavy atom. The number of rotatable bonds is 4.